The van der Waals surface area contributed by atoms with Crippen molar-refractivity contribution in [1.29, 1.82) is 0 Å². The van der Waals surface area contributed by atoms with Gasteiger partial charge in [-0.1, -0.05) is 90.4 Å². The van der Waals surface area contributed by atoms with Crippen LogP contribution >= 0.6 is 0 Å². The van der Waals surface area contributed by atoms with Gasteiger partial charge in [0.05, 0.1) is 18.6 Å². The zero-order valence-electron chi connectivity index (χ0n) is 19.2. The number of benzene rings is 1. The second-order valence-electron chi connectivity index (χ2n) is 8.03. The lowest BCUT2D eigenvalue weighted by molar-refractivity contribution is -0.385. The quantitative estimate of drug-likeness (QED) is 0.140. The Labute approximate surface area is 186 Å². The Morgan fingerprint density at radius 1 is 0.871 bits per heavy atom. The van der Waals surface area contributed by atoms with E-state index in [1.807, 2.05) is 0 Å². The summed E-state index contributed by atoms with van der Waals surface area (Å²) in [6.07, 6.45) is 17.6. The van der Waals surface area contributed by atoms with Gasteiger partial charge in [0.15, 0.2) is 0 Å². The van der Waals surface area contributed by atoms with Gasteiger partial charge in [-0.15, -0.1) is 0 Å². The molecule has 0 radical (unpaired) electrons. The molecule has 0 saturated heterocycles. The van der Waals surface area contributed by atoms with Crippen molar-refractivity contribution in [3.05, 3.63) is 27.8 Å². The van der Waals surface area contributed by atoms with E-state index in [4.69, 9.17) is 14.6 Å². The minimum absolute atomic E-state index is 0.0431. The molecule has 0 aliphatic carbocycles. The first-order valence-corrected chi connectivity index (χ1v) is 11.7. The van der Waals surface area contributed by atoms with E-state index >= 15 is 0 Å². The minimum atomic E-state index is -1.28. The molecular weight excluding hydrogens is 398 g/mol. The molecule has 0 bridgehead atoms. The van der Waals surface area contributed by atoms with Crippen LogP contribution in [0.15, 0.2) is 12.1 Å². The molecule has 7 nitrogen and oxygen atoms in total. The molecule has 1 N–H and O–H groups in total. The van der Waals surface area contributed by atoms with Crippen LogP contribution in [-0.2, 0) is 0 Å². The van der Waals surface area contributed by atoms with E-state index in [9.17, 15) is 14.9 Å². The first kappa shape index (κ1) is 26.7. The molecule has 0 aromatic heterocycles. The number of methoxy groups -OCH3 is 1. The van der Waals surface area contributed by atoms with Gasteiger partial charge in [-0.05, 0) is 6.42 Å². The molecule has 0 atom stereocenters. The van der Waals surface area contributed by atoms with E-state index < -0.39 is 10.9 Å². The molecule has 0 aliphatic rings. The molecular formula is C24H39NO6. The number of hydrogen-bond donors (Lipinski definition) is 1. The number of rotatable bonds is 19. The molecule has 1 aromatic carbocycles. The average Bonchev–Trinajstić information content (AvgIpc) is 2.75. The highest BCUT2D eigenvalue weighted by atomic mass is 16.6. The Bertz CT molecular complexity index is 662. The van der Waals surface area contributed by atoms with Crippen LogP contribution in [0.5, 0.6) is 11.5 Å². The first-order chi connectivity index (χ1) is 15.0. The zero-order chi connectivity index (χ0) is 22.9. The molecule has 0 unspecified atom stereocenters. The smallest absolute Gasteiger partial charge is 0.339 e. The zero-order valence-corrected chi connectivity index (χ0v) is 19.2. The number of carboxylic acids is 1. The molecule has 7 heteroatoms. The maximum atomic E-state index is 11.2. The Morgan fingerprint density at radius 2 is 1.35 bits per heavy atom. The SMILES string of the molecule is CCCCCCCCCCCCCCCCOc1cc(OC)c(C(=O)O)cc1[N+](=O)[O-]. The predicted octanol–water partition coefficient (Wildman–Crippen LogP) is 7.16. The minimum Gasteiger partial charge on any atom is -0.496 e. The van der Waals surface area contributed by atoms with Crippen LogP contribution in [0.3, 0.4) is 0 Å². The summed E-state index contributed by atoms with van der Waals surface area (Å²) in [7, 11) is 1.32. The number of unbranched alkanes of at least 4 members (excludes halogenated alkanes) is 13. The van der Waals surface area contributed by atoms with E-state index in [0.717, 1.165) is 25.3 Å². The lowest BCUT2D eigenvalue weighted by Crippen LogP contribution is -2.06. The molecule has 0 amide bonds. The highest BCUT2D eigenvalue weighted by Gasteiger charge is 2.23. The fourth-order valence-electron chi connectivity index (χ4n) is 3.62. The van der Waals surface area contributed by atoms with Crippen molar-refractivity contribution in [1.82, 2.24) is 0 Å². The summed E-state index contributed by atoms with van der Waals surface area (Å²) in [5.41, 5.74) is -0.610. The molecule has 0 fully saturated rings. The maximum Gasteiger partial charge on any atom is 0.339 e. The third-order valence-corrected chi connectivity index (χ3v) is 5.46. The summed E-state index contributed by atoms with van der Waals surface area (Å²) in [5, 5.41) is 20.4. The van der Waals surface area contributed by atoms with Gasteiger partial charge < -0.3 is 14.6 Å². The number of ether oxygens (including phenoxy) is 2. The molecule has 0 saturated carbocycles. The highest BCUT2D eigenvalue weighted by Crippen LogP contribution is 2.34. The van der Waals surface area contributed by atoms with Crippen LogP contribution < -0.4 is 9.47 Å². The van der Waals surface area contributed by atoms with Crippen molar-refractivity contribution >= 4 is 11.7 Å². The third-order valence-electron chi connectivity index (χ3n) is 5.46. The second-order valence-corrected chi connectivity index (χ2v) is 8.03. The molecule has 31 heavy (non-hydrogen) atoms. The summed E-state index contributed by atoms with van der Waals surface area (Å²) in [6.45, 7) is 2.60. The monoisotopic (exact) mass is 437 g/mol. The van der Waals surface area contributed by atoms with E-state index in [2.05, 4.69) is 6.92 Å². The van der Waals surface area contributed by atoms with E-state index in [1.165, 1.54) is 83.8 Å². The molecule has 1 rings (SSSR count). The maximum absolute atomic E-state index is 11.2. The van der Waals surface area contributed by atoms with Crippen LogP contribution in [0.4, 0.5) is 5.69 Å². The van der Waals surface area contributed by atoms with Gasteiger partial charge in [0, 0.05) is 12.1 Å². The first-order valence-electron chi connectivity index (χ1n) is 11.7. The number of nitrogens with zero attached hydrogens (tertiary/aromatic N) is 1. The van der Waals surface area contributed by atoms with Gasteiger partial charge in [0.25, 0.3) is 0 Å². The van der Waals surface area contributed by atoms with Crippen molar-refractivity contribution < 1.29 is 24.3 Å². The second kappa shape index (κ2) is 16.4. The number of carbonyl (C=O) groups is 1. The van der Waals surface area contributed by atoms with Crippen LogP contribution in [-0.4, -0.2) is 29.7 Å². The van der Waals surface area contributed by atoms with Gasteiger partial charge in [0.1, 0.15) is 11.3 Å². The molecule has 0 heterocycles. The van der Waals surface area contributed by atoms with Crippen LogP contribution in [0.25, 0.3) is 0 Å². The number of hydrogen-bond acceptors (Lipinski definition) is 5. The lowest BCUT2D eigenvalue weighted by atomic mass is 10.0. The number of nitro groups is 1. The number of carboxylic acid groups (broad SMARTS) is 1. The Kier molecular flexibility index (Phi) is 14.1. The van der Waals surface area contributed by atoms with Gasteiger partial charge in [0.2, 0.25) is 5.75 Å². The van der Waals surface area contributed by atoms with Crippen LogP contribution in [0, 0.1) is 10.1 Å². The number of aromatic carboxylic acids is 1. The Balaban J connectivity index is 2.18. The molecule has 0 spiro atoms. The average molecular weight is 438 g/mol. The summed E-state index contributed by atoms with van der Waals surface area (Å²) in [5.74, 6) is -1.19. The molecule has 176 valence electrons. The Hall–Kier alpha value is -2.31. The van der Waals surface area contributed by atoms with Crippen molar-refractivity contribution in [3.63, 3.8) is 0 Å². The van der Waals surface area contributed by atoms with E-state index in [-0.39, 0.29) is 22.7 Å². The highest BCUT2D eigenvalue weighted by molar-refractivity contribution is 5.92. The lowest BCUT2D eigenvalue weighted by Gasteiger charge is -2.10. The Morgan fingerprint density at radius 3 is 1.77 bits per heavy atom. The normalized spacial score (nSPS) is 10.8. The van der Waals surface area contributed by atoms with Crippen LogP contribution in [0.2, 0.25) is 0 Å². The van der Waals surface area contributed by atoms with Gasteiger partial charge in [-0.25, -0.2) is 4.79 Å². The van der Waals surface area contributed by atoms with Crippen molar-refractivity contribution in [2.24, 2.45) is 0 Å². The standard InChI is InChI=1S/C24H39NO6/c1-3-4-5-6-7-8-9-10-11-12-13-14-15-16-17-31-23-19-22(30-2)20(24(26)27)18-21(23)25(28)29/h18-19H,3-17H2,1-2H3,(H,26,27). The van der Waals surface area contributed by atoms with Gasteiger partial charge in [-0.3, -0.25) is 10.1 Å². The fraction of sp³-hybridized carbons (Fsp3) is 0.708. The van der Waals surface area contributed by atoms with Gasteiger partial charge >= 0.3 is 11.7 Å². The van der Waals surface area contributed by atoms with Crippen molar-refractivity contribution in [2.45, 2.75) is 96.8 Å². The van der Waals surface area contributed by atoms with Crippen molar-refractivity contribution in [2.75, 3.05) is 13.7 Å². The number of nitro benzene ring substituents is 1. The summed E-state index contributed by atoms with van der Waals surface area (Å²) in [4.78, 5) is 21.8. The predicted molar refractivity (Wildman–Crippen MR) is 122 cm³/mol. The largest absolute Gasteiger partial charge is 0.496 e. The fourth-order valence-corrected chi connectivity index (χ4v) is 3.62. The summed E-state index contributed by atoms with van der Waals surface area (Å²) < 4.78 is 10.6. The molecule has 1 aromatic rings. The topological polar surface area (TPSA) is 98.9 Å². The summed E-state index contributed by atoms with van der Waals surface area (Å²) >= 11 is 0. The van der Waals surface area contributed by atoms with E-state index in [1.54, 1.807) is 0 Å². The van der Waals surface area contributed by atoms with Crippen molar-refractivity contribution in [3.8, 4) is 11.5 Å². The summed E-state index contributed by atoms with van der Waals surface area (Å²) in [6, 6.07) is 2.27. The third kappa shape index (κ3) is 11.0. The van der Waals surface area contributed by atoms with Crippen LogP contribution in [0.1, 0.15) is 107 Å². The molecule has 0 aliphatic heterocycles. The van der Waals surface area contributed by atoms with Gasteiger partial charge in [-0.2, -0.15) is 0 Å². The van der Waals surface area contributed by atoms with E-state index in [0.29, 0.717) is 6.61 Å².